The Labute approximate surface area is 86.5 Å². The molecule has 0 saturated heterocycles. The van der Waals surface area contributed by atoms with Crippen LogP contribution in [0, 0.1) is 0 Å². The quantitative estimate of drug-likeness (QED) is 0.530. The molecule has 0 aromatic heterocycles. The highest BCUT2D eigenvalue weighted by Crippen LogP contribution is 2.21. The number of hydrogen-bond acceptors (Lipinski definition) is 3. The van der Waals surface area contributed by atoms with Crippen molar-refractivity contribution in [2.45, 2.75) is 6.92 Å². The molecule has 2 amide bonds. The van der Waals surface area contributed by atoms with Gasteiger partial charge in [-0.25, -0.2) is 0 Å². The molecule has 0 fully saturated rings. The standard InChI is InChI=1S/C11H9NO3/c1-7(13)6-12-10(14)8-4-2-3-5-9(8)11(12)15/h2-5H,6H2,1H3/i12+1. The summed E-state index contributed by atoms with van der Waals surface area (Å²) in [6.45, 7) is 1.20. The van der Waals surface area contributed by atoms with Crippen LogP contribution >= 0.6 is 0 Å². The molecule has 4 nitrogen and oxygen atoms in total. The normalized spacial score (nSPS) is 14.3. The van der Waals surface area contributed by atoms with E-state index in [1.54, 1.807) is 24.3 Å². The highest BCUT2D eigenvalue weighted by Gasteiger charge is 2.35. The lowest BCUT2D eigenvalue weighted by molar-refractivity contribution is -0.117. The van der Waals surface area contributed by atoms with Crippen LogP contribution in [0.2, 0.25) is 0 Å². The molecule has 0 unspecified atom stereocenters. The van der Waals surface area contributed by atoms with E-state index in [9.17, 15) is 14.4 Å². The second-order valence-electron chi connectivity index (χ2n) is 3.44. The largest absolute Gasteiger partial charge is 0.298 e. The fraction of sp³-hybridized carbons (Fsp3) is 0.182. The van der Waals surface area contributed by atoms with Gasteiger partial charge in [-0.1, -0.05) is 12.1 Å². The van der Waals surface area contributed by atoms with Gasteiger partial charge in [-0.05, 0) is 19.1 Å². The van der Waals surface area contributed by atoms with Crippen molar-refractivity contribution in [3.63, 3.8) is 0 Å². The molecule has 1 aliphatic rings. The maximum Gasteiger partial charge on any atom is 0.261 e. The molecule has 1 aromatic carbocycles. The first-order valence-electron chi connectivity index (χ1n) is 4.56. The number of nitrogens with zero attached hydrogens (tertiary/aromatic N) is 1. The maximum absolute atomic E-state index is 11.7. The van der Waals surface area contributed by atoms with Crippen LogP contribution in [0.25, 0.3) is 0 Å². The molecule has 2 rings (SSSR count). The molecule has 0 N–H and O–H groups in total. The van der Waals surface area contributed by atoms with Gasteiger partial charge in [-0.15, -0.1) is 0 Å². The monoisotopic (exact) mass is 204 g/mol. The summed E-state index contributed by atoms with van der Waals surface area (Å²) in [4.78, 5) is 35.3. The summed E-state index contributed by atoms with van der Waals surface area (Å²) in [6, 6.07) is 6.58. The van der Waals surface area contributed by atoms with Gasteiger partial charge < -0.3 is 0 Å². The molecule has 0 spiro atoms. The molecular formula is C11H9NO3. The van der Waals surface area contributed by atoms with Crippen molar-refractivity contribution in [1.29, 1.82) is 0 Å². The van der Waals surface area contributed by atoms with Crippen molar-refractivity contribution in [3.05, 3.63) is 35.4 Å². The van der Waals surface area contributed by atoms with Gasteiger partial charge in [-0.2, -0.15) is 0 Å². The lowest BCUT2D eigenvalue weighted by atomic mass is 10.1. The van der Waals surface area contributed by atoms with E-state index in [-0.39, 0.29) is 24.1 Å². The van der Waals surface area contributed by atoms with Gasteiger partial charge in [0.05, 0.1) is 17.7 Å². The Kier molecular flexibility index (Phi) is 2.11. The molecule has 1 aliphatic heterocycles. The molecule has 0 aliphatic carbocycles. The molecule has 0 saturated carbocycles. The topological polar surface area (TPSA) is 54.5 Å². The second-order valence-corrected chi connectivity index (χ2v) is 3.44. The summed E-state index contributed by atoms with van der Waals surface area (Å²) in [5.41, 5.74) is 0.757. The first-order valence-corrected chi connectivity index (χ1v) is 4.56. The lowest BCUT2D eigenvalue weighted by Crippen LogP contribution is -2.33. The molecule has 76 valence electrons. The molecule has 4 heteroatoms. The number of carbonyl (C=O) groups is 3. The Balaban J connectivity index is 2.41. The van der Waals surface area contributed by atoms with Crippen molar-refractivity contribution in [2.75, 3.05) is 6.54 Å². The highest BCUT2D eigenvalue weighted by molar-refractivity contribution is 6.22. The summed E-state index contributed by atoms with van der Waals surface area (Å²) >= 11 is 0. The van der Waals surface area contributed by atoms with Gasteiger partial charge in [0.1, 0.15) is 5.78 Å². The predicted octanol–water partition coefficient (Wildman–Crippen LogP) is 0.872. The zero-order valence-corrected chi connectivity index (χ0v) is 8.19. The molecule has 0 atom stereocenters. The number of hydrogen-bond donors (Lipinski definition) is 0. The summed E-state index contributed by atoms with van der Waals surface area (Å²) in [5, 5.41) is 0. The minimum Gasteiger partial charge on any atom is -0.298 e. The van der Waals surface area contributed by atoms with Crippen LogP contribution in [0.3, 0.4) is 0 Å². The molecule has 15 heavy (non-hydrogen) atoms. The van der Waals surface area contributed by atoms with Crippen molar-refractivity contribution in [1.82, 2.24) is 4.90 Å². The van der Waals surface area contributed by atoms with Gasteiger partial charge in [0.2, 0.25) is 0 Å². The Bertz CT molecular complexity index is 430. The average molecular weight is 204 g/mol. The van der Waals surface area contributed by atoms with Gasteiger partial charge in [-0.3, -0.25) is 19.3 Å². The average Bonchev–Trinajstić information content (AvgIpc) is 2.44. The zero-order chi connectivity index (χ0) is 11.0. The van der Waals surface area contributed by atoms with Crippen molar-refractivity contribution >= 4 is 17.6 Å². The summed E-state index contributed by atoms with van der Waals surface area (Å²) in [6.07, 6.45) is 0. The van der Waals surface area contributed by atoms with E-state index in [1.165, 1.54) is 6.92 Å². The molecule has 1 aromatic rings. The first kappa shape index (κ1) is 9.58. The van der Waals surface area contributed by atoms with Gasteiger partial charge >= 0.3 is 0 Å². The van der Waals surface area contributed by atoms with Crippen molar-refractivity contribution < 1.29 is 14.4 Å². The minimum absolute atomic E-state index is 0.146. The maximum atomic E-state index is 11.7. The van der Waals surface area contributed by atoms with E-state index in [0.29, 0.717) is 11.1 Å². The van der Waals surface area contributed by atoms with E-state index in [4.69, 9.17) is 0 Å². The van der Waals surface area contributed by atoms with E-state index < -0.39 is 0 Å². The van der Waals surface area contributed by atoms with Crippen LogP contribution in [0.4, 0.5) is 0 Å². The third-order valence-corrected chi connectivity index (χ3v) is 2.26. The second kappa shape index (κ2) is 3.31. The highest BCUT2D eigenvalue weighted by atomic mass is 16.3. The summed E-state index contributed by atoms with van der Waals surface area (Å²) in [5.74, 6) is -0.971. The van der Waals surface area contributed by atoms with E-state index >= 15 is 0 Å². The van der Waals surface area contributed by atoms with Gasteiger partial charge in [0, 0.05) is 0 Å². The number of fused-ring (bicyclic) bond motifs is 1. The van der Waals surface area contributed by atoms with Crippen molar-refractivity contribution in [3.8, 4) is 0 Å². The van der Waals surface area contributed by atoms with Crippen molar-refractivity contribution in [2.24, 2.45) is 0 Å². The third kappa shape index (κ3) is 1.44. The summed E-state index contributed by atoms with van der Waals surface area (Å²) in [7, 11) is 0. The van der Waals surface area contributed by atoms with E-state index in [2.05, 4.69) is 0 Å². The van der Waals surface area contributed by atoms with E-state index in [1.807, 2.05) is 0 Å². The van der Waals surface area contributed by atoms with Gasteiger partial charge in [0.25, 0.3) is 11.8 Å². The van der Waals surface area contributed by atoms with Gasteiger partial charge in [0.15, 0.2) is 0 Å². The first-order chi connectivity index (χ1) is 7.11. The number of imide groups is 1. The number of Topliss-reactive ketones (excluding diaryl/α,β-unsaturated/α-hetero) is 1. The number of ketones is 1. The fourth-order valence-corrected chi connectivity index (χ4v) is 1.61. The van der Waals surface area contributed by atoms with Crippen LogP contribution < -0.4 is 0 Å². The molecule has 0 bridgehead atoms. The van der Waals surface area contributed by atoms with Crippen LogP contribution in [0.1, 0.15) is 27.6 Å². The smallest absolute Gasteiger partial charge is 0.261 e. The fourth-order valence-electron chi connectivity index (χ4n) is 1.61. The SMILES string of the molecule is CC(=O)C[15N]1C(=O)c2ccccc2C1=O. The van der Waals surface area contributed by atoms with Crippen LogP contribution in [0.5, 0.6) is 0 Å². The summed E-state index contributed by atoms with van der Waals surface area (Å²) < 4.78 is 0. The number of rotatable bonds is 2. The van der Waals surface area contributed by atoms with Crippen LogP contribution in [-0.2, 0) is 4.79 Å². The Hall–Kier alpha value is -1.97. The lowest BCUT2D eigenvalue weighted by Gasteiger charge is -2.10. The van der Waals surface area contributed by atoms with E-state index in [0.717, 1.165) is 4.90 Å². The molecule has 1 heterocycles. The molecule has 0 radical (unpaired) electrons. The minimum atomic E-state index is -0.384. The van der Waals surface area contributed by atoms with Crippen LogP contribution in [0.15, 0.2) is 24.3 Å². The third-order valence-electron chi connectivity index (χ3n) is 2.26. The number of benzene rings is 1. The molecular weight excluding hydrogens is 195 g/mol. The zero-order valence-electron chi connectivity index (χ0n) is 8.19. The number of amides is 2. The Morgan fingerprint density at radius 1 is 1.13 bits per heavy atom. The number of carbonyl (C=O) groups excluding carboxylic acids is 3. The Morgan fingerprint density at radius 2 is 1.60 bits per heavy atom. The van der Waals surface area contributed by atoms with Crippen LogP contribution in [-0.4, -0.2) is 29.0 Å². The Morgan fingerprint density at radius 3 is 2.00 bits per heavy atom. The predicted molar refractivity (Wildman–Crippen MR) is 52.5 cm³/mol.